The van der Waals surface area contributed by atoms with Crippen molar-refractivity contribution in [3.05, 3.63) is 120 Å². The Hall–Kier alpha value is -4.49. The van der Waals surface area contributed by atoms with E-state index < -0.39 is 32.6 Å². The summed E-state index contributed by atoms with van der Waals surface area (Å²) in [5.74, 6) is -0.618. The fourth-order valence-electron chi connectivity index (χ4n) is 4.81. The summed E-state index contributed by atoms with van der Waals surface area (Å²) in [4.78, 5) is 40.9. The zero-order chi connectivity index (χ0) is 29.8. The van der Waals surface area contributed by atoms with Gasteiger partial charge in [-0.2, -0.15) is 0 Å². The lowest BCUT2D eigenvalue weighted by molar-refractivity contribution is 0.601. The number of aromatic nitrogens is 3. The zero-order valence-corrected chi connectivity index (χ0v) is 24.4. The van der Waals surface area contributed by atoms with E-state index in [0.717, 1.165) is 4.57 Å². The number of aryl methyl sites for hydroxylation is 1. The lowest BCUT2D eigenvalue weighted by Crippen LogP contribution is -2.41. The maximum Gasteiger partial charge on any atom is 0.337 e. The van der Waals surface area contributed by atoms with Gasteiger partial charge in [-0.25, -0.2) is 22.2 Å². The summed E-state index contributed by atoms with van der Waals surface area (Å²) in [7, 11) is -2.52. The van der Waals surface area contributed by atoms with E-state index in [4.69, 9.17) is 0 Å². The highest BCUT2D eigenvalue weighted by atomic mass is 79.9. The normalized spacial score (nSPS) is 13.3. The maximum absolute atomic E-state index is 14.8. The van der Waals surface area contributed by atoms with E-state index >= 15 is 0 Å². The predicted molar refractivity (Wildman–Crippen MR) is 162 cm³/mol. The average Bonchev–Trinajstić information content (AvgIpc) is 3.78. The van der Waals surface area contributed by atoms with Gasteiger partial charge in [0.05, 0.1) is 27.6 Å². The van der Waals surface area contributed by atoms with Crippen LogP contribution in [0.5, 0.6) is 0 Å². The molecule has 0 spiro atoms. The molecule has 0 bridgehead atoms. The van der Waals surface area contributed by atoms with E-state index in [1.54, 1.807) is 36.4 Å². The molecule has 0 atom stereocenters. The third-order valence-corrected chi connectivity index (χ3v) is 8.86. The van der Waals surface area contributed by atoms with Gasteiger partial charge in [0.1, 0.15) is 16.9 Å². The van der Waals surface area contributed by atoms with Gasteiger partial charge in [0.15, 0.2) is 0 Å². The van der Waals surface area contributed by atoms with Gasteiger partial charge in [-0.1, -0.05) is 40.2 Å². The third-order valence-electron chi connectivity index (χ3n) is 6.97. The second kappa shape index (κ2) is 10.4. The minimum absolute atomic E-state index is 0.00110. The molecule has 5 aromatic rings. The van der Waals surface area contributed by atoms with Crippen LogP contribution < -0.4 is 26.8 Å². The fraction of sp³-hybridized carbons (Fsp3) is 0.138. The largest absolute Gasteiger partial charge is 0.352 e. The van der Waals surface area contributed by atoms with Gasteiger partial charge in [-0.05, 0) is 61.4 Å². The molecule has 0 saturated heterocycles. The molecule has 3 aromatic carbocycles. The van der Waals surface area contributed by atoms with Crippen LogP contribution in [0.15, 0.2) is 103 Å². The van der Waals surface area contributed by atoms with Crippen LogP contribution in [0.3, 0.4) is 0 Å². The number of rotatable bonds is 7. The van der Waals surface area contributed by atoms with Crippen molar-refractivity contribution < 1.29 is 12.8 Å². The van der Waals surface area contributed by atoms with Crippen molar-refractivity contribution >= 4 is 54.0 Å². The Labute approximate surface area is 246 Å². The summed E-state index contributed by atoms with van der Waals surface area (Å²) in [6, 6.07) is 19.1. The van der Waals surface area contributed by atoms with Gasteiger partial charge in [-0.3, -0.25) is 23.4 Å². The van der Waals surface area contributed by atoms with Crippen molar-refractivity contribution in [3.8, 4) is 5.69 Å². The third kappa shape index (κ3) is 4.94. The molecule has 0 aliphatic heterocycles. The highest BCUT2D eigenvalue weighted by molar-refractivity contribution is 9.10. The van der Waals surface area contributed by atoms with Crippen LogP contribution in [0.4, 0.5) is 21.5 Å². The number of fused-ring (bicyclic) bond motifs is 1. The van der Waals surface area contributed by atoms with Crippen molar-refractivity contribution in [1.29, 1.82) is 0 Å². The summed E-state index contributed by atoms with van der Waals surface area (Å²) < 4.78 is 47.3. The van der Waals surface area contributed by atoms with Gasteiger partial charge < -0.3 is 5.32 Å². The molecule has 1 aliphatic rings. The fourth-order valence-corrected chi connectivity index (χ4v) is 6.21. The number of hydrogen-bond donors (Lipinski definition) is 2. The summed E-state index contributed by atoms with van der Waals surface area (Å²) in [5, 5.41) is 2.87. The maximum atomic E-state index is 14.8. The topological polar surface area (TPSA) is 124 Å². The van der Waals surface area contributed by atoms with E-state index in [2.05, 4.69) is 26.0 Å². The van der Waals surface area contributed by atoms with Gasteiger partial charge in [0.2, 0.25) is 0 Å². The summed E-state index contributed by atoms with van der Waals surface area (Å²) in [6.07, 6.45) is 1.24. The van der Waals surface area contributed by atoms with Crippen LogP contribution in [0.25, 0.3) is 16.7 Å². The lowest BCUT2D eigenvalue weighted by atomic mass is 10.2. The van der Waals surface area contributed by atoms with Crippen LogP contribution in [-0.2, 0) is 17.1 Å². The number of anilines is 3. The van der Waals surface area contributed by atoms with E-state index in [0.29, 0.717) is 17.3 Å². The van der Waals surface area contributed by atoms with Gasteiger partial charge in [0.25, 0.3) is 21.1 Å². The highest BCUT2D eigenvalue weighted by Gasteiger charge is 2.31. The number of sulfonamides is 1. The second-order valence-electron chi connectivity index (χ2n) is 9.90. The monoisotopic (exact) mass is 651 g/mol. The van der Waals surface area contributed by atoms with Crippen LogP contribution in [-0.4, -0.2) is 22.1 Å². The van der Waals surface area contributed by atoms with Crippen molar-refractivity contribution in [2.24, 2.45) is 7.05 Å². The van der Waals surface area contributed by atoms with E-state index in [9.17, 15) is 27.2 Å². The van der Waals surface area contributed by atoms with Gasteiger partial charge in [0, 0.05) is 23.6 Å². The lowest BCUT2D eigenvalue weighted by Gasteiger charge is -2.19. The molecule has 2 aromatic heterocycles. The Bertz CT molecular complexity index is 2170. The van der Waals surface area contributed by atoms with Gasteiger partial charge in [-0.15, -0.1) is 0 Å². The van der Waals surface area contributed by atoms with E-state index in [-0.39, 0.29) is 44.7 Å². The molecule has 6 rings (SSSR count). The molecular weight excluding hydrogens is 629 g/mol. The molecule has 1 saturated carbocycles. The first kappa shape index (κ1) is 27.7. The first-order valence-corrected chi connectivity index (χ1v) is 15.1. The first-order valence-electron chi connectivity index (χ1n) is 12.9. The number of nitrogens with zero attached hydrogens (tertiary/aromatic N) is 3. The predicted octanol–water partition coefficient (Wildman–Crippen LogP) is 4.63. The standard InChI is InChI=1S/C29H23BrFN5O5S/c1-34-25(37)16-24(32-23-13-10-17(30)14-22(23)31)26-27(34)35(29(39)36(28(26)38)19-11-12-19)20-7-5-6-18(15-20)33-42(40,41)21-8-3-2-4-9-21/h2-10,13-16,19,32-33H,11-12H2,1H3. The Morgan fingerprint density at radius 3 is 2.33 bits per heavy atom. The molecule has 10 nitrogen and oxygen atoms in total. The molecule has 13 heteroatoms. The molecule has 0 amide bonds. The Kier molecular flexibility index (Phi) is 6.86. The van der Waals surface area contributed by atoms with Crippen LogP contribution in [0.1, 0.15) is 18.9 Å². The summed E-state index contributed by atoms with van der Waals surface area (Å²) >= 11 is 3.21. The zero-order valence-electron chi connectivity index (χ0n) is 22.0. The second-order valence-corrected chi connectivity index (χ2v) is 12.5. The van der Waals surface area contributed by atoms with Crippen molar-refractivity contribution in [2.75, 3.05) is 10.0 Å². The molecule has 1 fully saturated rings. The molecule has 2 heterocycles. The average molecular weight is 653 g/mol. The first-order chi connectivity index (χ1) is 20.0. The smallest absolute Gasteiger partial charge is 0.337 e. The molecule has 42 heavy (non-hydrogen) atoms. The molecular formula is C29H23BrFN5O5S. The van der Waals surface area contributed by atoms with E-state index in [1.807, 2.05) is 0 Å². The quantitative estimate of drug-likeness (QED) is 0.264. The summed E-state index contributed by atoms with van der Waals surface area (Å²) in [5.41, 5.74) is -1.45. The number of pyridine rings is 1. The Balaban J connectivity index is 1.59. The van der Waals surface area contributed by atoms with Crippen LogP contribution >= 0.6 is 15.9 Å². The molecule has 0 radical (unpaired) electrons. The number of hydrogen-bond acceptors (Lipinski definition) is 6. The number of halogens is 2. The number of benzene rings is 3. The van der Waals surface area contributed by atoms with Crippen molar-refractivity contribution in [1.82, 2.24) is 13.7 Å². The molecule has 2 N–H and O–H groups in total. The van der Waals surface area contributed by atoms with Gasteiger partial charge >= 0.3 is 5.69 Å². The minimum atomic E-state index is -3.94. The van der Waals surface area contributed by atoms with Crippen molar-refractivity contribution in [3.63, 3.8) is 0 Å². The SMILES string of the molecule is Cn1c(=O)cc(Nc2ccc(Br)cc2F)c2c(=O)n(C3CC3)c(=O)n(-c3cccc(NS(=O)(=O)c4ccccc4)c3)c21. The van der Waals surface area contributed by atoms with E-state index in [1.165, 1.54) is 58.6 Å². The highest BCUT2D eigenvalue weighted by Crippen LogP contribution is 2.34. The minimum Gasteiger partial charge on any atom is -0.352 e. The van der Waals surface area contributed by atoms with Crippen molar-refractivity contribution in [2.45, 2.75) is 23.8 Å². The Morgan fingerprint density at radius 2 is 1.64 bits per heavy atom. The Morgan fingerprint density at radius 1 is 0.905 bits per heavy atom. The molecule has 0 unspecified atom stereocenters. The summed E-state index contributed by atoms with van der Waals surface area (Å²) in [6.45, 7) is 0. The van der Waals surface area contributed by atoms with Crippen LogP contribution in [0.2, 0.25) is 0 Å². The molecule has 214 valence electrons. The number of nitrogens with one attached hydrogen (secondary N) is 2. The molecule has 1 aliphatic carbocycles. The van der Waals surface area contributed by atoms with Crippen LogP contribution in [0, 0.1) is 5.82 Å².